The molecular weight excluding hydrogens is 574 g/mol. The fourth-order valence-corrected chi connectivity index (χ4v) is 4.03. The van der Waals surface area contributed by atoms with Gasteiger partial charge < -0.3 is 48.3 Å². The molecule has 0 aliphatic carbocycles. The monoisotopic (exact) mass is 621 g/mol. The Kier molecular flexibility index (Phi) is 16.6. The number of hydrogen-bond acceptors (Lipinski definition) is 9. The summed E-state index contributed by atoms with van der Waals surface area (Å²) >= 11 is 0. The molecule has 0 saturated heterocycles. The highest BCUT2D eigenvalue weighted by atomic mass is 16.4. The van der Waals surface area contributed by atoms with Gasteiger partial charge in [-0.2, -0.15) is 0 Å². The lowest BCUT2D eigenvalue weighted by molar-refractivity contribution is -0.142. The van der Waals surface area contributed by atoms with Gasteiger partial charge in [0.25, 0.3) is 0 Å². The van der Waals surface area contributed by atoms with Crippen molar-refractivity contribution in [2.24, 2.45) is 17.4 Å². The number of carbonyl (C=O) groups is 6. The molecule has 1 aromatic carbocycles. The lowest BCUT2D eigenvalue weighted by atomic mass is 10.0. The number of hydrogen-bond donors (Lipinski definition) is 9. The zero-order valence-electron chi connectivity index (χ0n) is 25.7. The maximum atomic E-state index is 13.3. The van der Waals surface area contributed by atoms with Gasteiger partial charge in [-0.25, -0.2) is 4.79 Å². The summed E-state index contributed by atoms with van der Waals surface area (Å²) in [7, 11) is 0. The van der Waals surface area contributed by atoms with Gasteiger partial charge in [0.1, 0.15) is 36.3 Å². The highest BCUT2D eigenvalue weighted by molar-refractivity contribution is 5.96. The quantitative estimate of drug-likeness (QED) is 0.0759. The van der Waals surface area contributed by atoms with Crippen molar-refractivity contribution >= 4 is 35.5 Å². The van der Waals surface area contributed by atoms with Crippen LogP contribution in [-0.4, -0.2) is 95.1 Å². The first-order valence-corrected chi connectivity index (χ1v) is 14.6. The number of carboxylic acid groups (broad SMARTS) is 1. The minimum absolute atomic E-state index is 0.0569. The van der Waals surface area contributed by atoms with E-state index in [1.54, 1.807) is 44.2 Å². The van der Waals surface area contributed by atoms with Crippen molar-refractivity contribution in [3.05, 3.63) is 35.9 Å². The molecule has 5 amide bonds. The molecule has 44 heavy (non-hydrogen) atoms. The number of aliphatic hydroxyl groups excluding tert-OH is 1. The van der Waals surface area contributed by atoms with Gasteiger partial charge in [0.05, 0.1) is 6.61 Å². The molecule has 6 atom stereocenters. The SMILES string of the molecule is CC(C)[C@H](NC(=O)[C@H](C)NC(=O)[C@H](Cc1ccccc1)NC(=O)[C@H](C)NC(=O)[C@@H](N)CO)C(=O)N[C@@H](CCCCN)C(=O)O. The summed E-state index contributed by atoms with van der Waals surface area (Å²) in [6, 6.07) is 1.93. The number of aliphatic carboxylic acids is 1. The predicted molar refractivity (Wildman–Crippen MR) is 162 cm³/mol. The van der Waals surface area contributed by atoms with Crippen molar-refractivity contribution in [3.8, 4) is 0 Å². The maximum absolute atomic E-state index is 13.3. The van der Waals surface area contributed by atoms with Crippen LogP contribution in [-0.2, 0) is 35.2 Å². The Balaban J connectivity index is 2.98. The largest absolute Gasteiger partial charge is 0.480 e. The smallest absolute Gasteiger partial charge is 0.326 e. The number of nitrogens with one attached hydrogen (secondary N) is 5. The number of benzene rings is 1. The van der Waals surface area contributed by atoms with E-state index >= 15 is 0 Å². The number of nitrogens with two attached hydrogens (primary N) is 2. The summed E-state index contributed by atoms with van der Waals surface area (Å²) < 4.78 is 0. The number of carboxylic acids is 1. The number of aliphatic hydroxyl groups is 1. The molecule has 1 rings (SSSR count). The number of carbonyl (C=O) groups excluding carboxylic acids is 5. The number of amides is 5. The Morgan fingerprint density at radius 2 is 1.27 bits per heavy atom. The third kappa shape index (κ3) is 13.1. The predicted octanol–water partition coefficient (Wildman–Crippen LogP) is -2.12. The molecule has 1 aromatic rings. The van der Waals surface area contributed by atoms with Crippen LogP contribution in [0, 0.1) is 5.92 Å². The van der Waals surface area contributed by atoms with Gasteiger partial charge in [-0.15, -0.1) is 0 Å². The Bertz CT molecular complexity index is 1120. The van der Waals surface area contributed by atoms with Crippen molar-refractivity contribution in [2.45, 2.75) is 89.6 Å². The second-order valence-corrected chi connectivity index (χ2v) is 10.9. The standard InChI is InChI=1S/C29H47N7O8/c1-16(2)23(28(42)34-21(29(43)44)12-8-9-13-30)36-25(39)18(4)33-27(41)22(14-19-10-6-5-7-11-19)35-24(38)17(3)32-26(40)20(31)15-37/h5-7,10-11,16-18,20-23,37H,8-9,12-15,30-31H2,1-4H3,(H,32,40)(H,33,41)(H,34,42)(H,35,38)(H,36,39)(H,43,44)/t17-,18-,20-,21-,22-,23-/m0/s1. The van der Waals surface area contributed by atoms with Gasteiger partial charge in [0, 0.05) is 6.42 Å². The molecule has 15 heteroatoms. The summed E-state index contributed by atoms with van der Waals surface area (Å²) in [4.78, 5) is 75.8. The van der Waals surface area contributed by atoms with Crippen LogP contribution in [0.15, 0.2) is 30.3 Å². The highest BCUT2D eigenvalue weighted by Gasteiger charge is 2.32. The summed E-state index contributed by atoms with van der Waals surface area (Å²) in [5.41, 5.74) is 11.7. The molecule has 0 aliphatic heterocycles. The van der Waals surface area contributed by atoms with E-state index in [4.69, 9.17) is 16.6 Å². The molecule has 0 radical (unpaired) electrons. The van der Waals surface area contributed by atoms with E-state index in [2.05, 4.69) is 26.6 Å². The van der Waals surface area contributed by atoms with Crippen molar-refractivity contribution in [2.75, 3.05) is 13.2 Å². The van der Waals surface area contributed by atoms with Gasteiger partial charge in [0.2, 0.25) is 29.5 Å². The molecular formula is C29H47N7O8. The normalized spacial score (nSPS) is 15.1. The van der Waals surface area contributed by atoms with E-state index in [0.717, 1.165) is 0 Å². The topological polar surface area (TPSA) is 255 Å². The number of unbranched alkanes of at least 4 members (excludes halogenated alkanes) is 1. The van der Waals surface area contributed by atoms with Crippen LogP contribution in [0.4, 0.5) is 0 Å². The summed E-state index contributed by atoms with van der Waals surface area (Å²) in [6.07, 6.45) is 1.33. The van der Waals surface area contributed by atoms with Crippen molar-refractivity contribution in [1.82, 2.24) is 26.6 Å². The molecule has 246 valence electrons. The maximum Gasteiger partial charge on any atom is 0.326 e. The molecule has 0 saturated carbocycles. The minimum atomic E-state index is -1.23. The Morgan fingerprint density at radius 3 is 1.80 bits per heavy atom. The first-order valence-electron chi connectivity index (χ1n) is 14.6. The van der Waals surface area contributed by atoms with Gasteiger partial charge in [-0.3, -0.25) is 24.0 Å². The molecule has 0 spiro atoms. The molecule has 11 N–H and O–H groups in total. The van der Waals surface area contributed by atoms with Crippen LogP contribution in [0.25, 0.3) is 0 Å². The fourth-order valence-electron chi connectivity index (χ4n) is 4.03. The van der Waals surface area contributed by atoms with Gasteiger partial charge in [-0.05, 0) is 51.1 Å². The lowest BCUT2D eigenvalue weighted by Gasteiger charge is -2.27. The zero-order chi connectivity index (χ0) is 33.4. The lowest BCUT2D eigenvalue weighted by Crippen LogP contribution is -2.59. The first-order chi connectivity index (χ1) is 20.7. The second kappa shape index (κ2) is 19.2. The zero-order valence-corrected chi connectivity index (χ0v) is 25.7. The second-order valence-electron chi connectivity index (χ2n) is 10.9. The third-order valence-electron chi connectivity index (χ3n) is 6.76. The molecule has 15 nitrogen and oxygen atoms in total. The van der Waals surface area contributed by atoms with Gasteiger partial charge >= 0.3 is 5.97 Å². The van der Waals surface area contributed by atoms with E-state index in [1.807, 2.05) is 0 Å². The van der Waals surface area contributed by atoms with Crippen LogP contribution >= 0.6 is 0 Å². The Hall–Kier alpha value is -4.08. The third-order valence-corrected chi connectivity index (χ3v) is 6.76. The molecule has 0 aromatic heterocycles. The first kappa shape index (κ1) is 37.9. The Morgan fingerprint density at radius 1 is 0.727 bits per heavy atom. The highest BCUT2D eigenvalue weighted by Crippen LogP contribution is 2.08. The Labute approximate surface area is 257 Å². The van der Waals surface area contributed by atoms with Crippen LogP contribution in [0.2, 0.25) is 0 Å². The fraction of sp³-hybridized carbons (Fsp3) is 0.586. The molecule has 0 bridgehead atoms. The van der Waals surface area contributed by atoms with E-state index < -0.39 is 84.3 Å². The molecule has 0 unspecified atom stereocenters. The van der Waals surface area contributed by atoms with Gasteiger partial charge in [0.15, 0.2) is 0 Å². The van der Waals surface area contributed by atoms with Crippen molar-refractivity contribution in [3.63, 3.8) is 0 Å². The summed E-state index contributed by atoms with van der Waals surface area (Å²) in [5.74, 6) is -5.16. The summed E-state index contributed by atoms with van der Waals surface area (Å²) in [5, 5.41) is 31.1. The van der Waals surface area contributed by atoms with Crippen molar-refractivity contribution in [1.29, 1.82) is 0 Å². The van der Waals surface area contributed by atoms with E-state index in [-0.39, 0.29) is 12.8 Å². The van der Waals surface area contributed by atoms with Crippen LogP contribution in [0.1, 0.15) is 52.5 Å². The molecule has 0 aliphatic rings. The average Bonchev–Trinajstić information content (AvgIpc) is 2.98. The summed E-state index contributed by atoms with van der Waals surface area (Å²) in [6.45, 7) is 5.91. The average molecular weight is 622 g/mol. The molecule has 0 heterocycles. The van der Waals surface area contributed by atoms with Crippen molar-refractivity contribution < 1.29 is 39.0 Å². The van der Waals surface area contributed by atoms with Crippen LogP contribution in [0.5, 0.6) is 0 Å². The van der Waals surface area contributed by atoms with E-state index in [1.165, 1.54) is 13.8 Å². The van der Waals surface area contributed by atoms with Gasteiger partial charge in [-0.1, -0.05) is 44.2 Å². The van der Waals surface area contributed by atoms with Crippen LogP contribution in [0.3, 0.4) is 0 Å². The van der Waals surface area contributed by atoms with E-state index in [0.29, 0.717) is 24.9 Å². The van der Waals surface area contributed by atoms with E-state index in [9.17, 15) is 33.9 Å². The minimum Gasteiger partial charge on any atom is -0.480 e. The van der Waals surface area contributed by atoms with Crippen LogP contribution < -0.4 is 38.1 Å². The molecule has 0 fully saturated rings. The number of rotatable bonds is 19.